The Morgan fingerprint density at radius 3 is 2.95 bits per heavy atom. The van der Waals surface area contributed by atoms with Crippen LogP contribution in [0.15, 0.2) is 6.07 Å². The van der Waals surface area contributed by atoms with Gasteiger partial charge < -0.3 is 10.3 Å². The highest BCUT2D eigenvalue weighted by atomic mass is 15.3. The van der Waals surface area contributed by atoms with Gasteiger partial charge in [-0.05, 0) is 33.9 Å². The minimum absolute atomic E-state index is 0.519. The van der Waals surface area contributed by atoms with Crippen LogP contribution in [-0.2, 0) is 6.54 Å². The van der Waals surface area contributed by atoms with Gasteiger partial charge in [0.2, 0.25) is 0 Å². The molecule has 0 saturated carbocycles. The van der Waals surface area contributed by atoms with E-state index in [1.165, 1.54) is 6.42 Å². The second-order valence-corrected chi connectivity index (χ2v) is 5.39. The normalized spacial score (nSPS) is 22.2. The molecule has 2 rings (SSSR count). The van der Waals surface area contributed by atoms with Gasteiger partial charge in [-0.25, -0.2) is 15.8 Å². The molecule has 0 aliphatic carbocycles. The second kappa shape index (κ2) is 6.27. The molecule has 1 atom stereocenters. The summed E-state index contributed by atoms with van der Waals surface area (Å²) in [6, 6.07) is 2.37. The van der Waals surface area contributed by atoms with Gasteiger partial charge in [-0.2, -0.15) is 0 Å². The van der Waals surface area contributed by atoms with Crippen molar-refractivity contribution in [3.8, 4) is 0 Å². The summed E-state index contributed by atoms with van der Waals surface area (Å²) in [7, 11) is 2.18. The Bertz CT molecular complexity index is 422. The van der Waals surface area contributed by atoms with E-state index in [9.17, 15) is 0 Å². The van der Waals surface area contributed by atoms with Crippen molar-refractivity contribution in [3.63, 3.8) is 0 Å². The maximum atomic E-state index is 5.43. The lowest BCUT2D eigenvalue weighted by Crippen LogP contribution is -2.37. The first-order valence-corrected chi connectivity index (χ1v) is 6.82. The smallest absolute Gasteiger partial charge is 0.145 e. The number of anilines is 1. The number of aromatic nitrogens is 2. The van der Waals surface area contributed by atoms with E-state index in [1.54, 1.807) is 0 Å². The Hall–Kier alpha value is -1.24. The molecule has 1 saturated heterocycles. The largest absolute Gasteiger partial charge is 0.308 e. The predicted molar refractivity (Wildman–Crippen MR) is 76.6 cm³/mol. The standard InChI is InChI=1S/C13H24N6/c1-10-7-12(17-14)16-13(15-10)9-19-6-4-5-18(3)8-11(19)2/h7,11H,4-6,8-9,14H2,1-3H3,(H,15,16,17). The SMILES string of the molecule is Cc1cc(NN)nc(CN2CCCN(C)CC2C)n1. The summed E-state index contributed by atoms with van der Waals surface area (Å²) in [4.78, 5) is 13.8. The van der Waals surface area contributed by atoms with Crippen LogP contribution < -0.4 is 11.3 Å². The molecule has 0 amide bonds. The molecule has 1 aliphatic heterocycles. The van der Waals surface area contributed by atoms with E-state index in [0.29, 0.717) is 11.9 Å². The Morgan fingerprint density at radius 2 is 2.21 bits per heavy atom. The molecule has 106 valence electrons. The number of nitrogens with one attached hydrogen (secondary N) is 1. The molecule has 19 heavy (non-hydrogen) atoms. The minimum atomic E-state index is 0.519. The van der Waals surface area contributed by atoms with Crippen LogP contribution in [0.2, 0.25) is 0 Å². The molecule has 3 N–H and O–H groups in total. The van der Waals surface area contributed by atoms with E-state index in [0.717, 1.165) is 37.7 Å². The lowest BCUT2D eigenvalue weighted by atomic mass is 10.2. The predicted octanol–water partition coefficient (Wildman–Crippen LogP) is 0.597. The molecule has 1 unspecified atom stereocenters. The first kappa shape index (κ1) is 14.2. The van der Waals surface area contributed by atoms with Crippen molar-refractivity contribution in [2.75, 3.05) is 32.1 Å². The zero-order valence-electron chi connectivity index (χ0n) is 12.1. The van der Waals surface area contributed by atoms with Gasteiger partial charge in [0.1, 0.15) is 11.6 Å². The number of nitrogen functional groups attached to an aromatic ring is 1. The molecule has 1 aliphatic rings. The van der Waals surface area contributed by atoms with Crippen LogP contribution in [0.1, 0.15) is 24.9 Å². The first-order valence-electron chi connectivity index (χ1n) is 6.82. The van der Waals surface area contributed by atoms with Crippen molar-refractivity contribution < 1.29 is 0 Å². The van der Waals surface area contributed by atoms with Crippen molar-refractivity contribution >= 4 is 5.82 Å². The zero-order chi connectivity index (χ0) is 13.8. The number of aryl methyl sites for hydroxylation is 1. The Morgan fingerprint density at radius 1 is 1.42 bits per heavy atom. The Balaban J connectivity index is 2.09. The van der Waals surface area contributed by atoms with Crippen molar-refractivity contribution in [2.45, 2.75) is 32.9 Å². The van der Waals surface area contributed by atoms with Crippen molar-refractivity contribution in [1.82, 2.24) is 19.8 Å². The molecule has 0 radical (unpaired) electrons. The molecule has 2 heterocycles. The quantitative estimate of drug-likeness (QED) is 0.615. The summed E-state index contributed by atoms with van der Waals surface area (Å²) in [5, 5.41) is 0. The minimum Gasteiger partial charge on any atom is -0.308 e. The van der Waals surface area contributed by atoms with Crippen LogP contribution >= 0.6 is 0 Å². The highest BCUT2D eigenvalue weighted by Crippen LogP contribution is 2.13. The maximum Gasteiger partial charge on any atom is 0.145 e. The van der Waals surface area contributed by atoms with Crippen LogP contribution in [0.5, 0.6) is 0 Å². The number of hydrogen-bond acceptors (Lipinski definition) is 6. The first-order chi connectivity index (χ1) is 9.08. The third-order valence-electron chi connectivity index (χ3n) is 3.58. The van der Waals surface area contributed by atoms with Gasteiger partial charge >= 0.3 is 0 Å². The molecule has 6 nitrogen and oxygen atoms in total. The highest BCUT2D eigenvalue weighted by Gasteiger charge is 2.20. The third-order valence-corrected chi connectivity index (χ3v) is 3.58. The number of rotatable bonds is 3. The van der Waals surface area contributed by atoms with Crippen molar-refractivity contribution in [2.24, 2.45) is 5.84 Å². The maximum absolute atomic E-state index is 5.43. The van der Waals surface area contributed by atoms with Crippen molar-refractivity contribution in [3.05, 3.63) is 17.6 Å². The monoisotopic (exact) mass is 264 g/mol. The number of hydrazine groups is 1. The summed E-state index contributed by atoms with van der Waals surface area (Å²) in [5.74, 6) is 6.95. The fourth-order valence-corrected chi connectivity index (χ4v) is 2.61. The lowest BCUT2D eigenvalue weighted by Gasteiger charge is -2.27. The molecular formula is C13H24N6. The van der Waals surface area contributed by atoms with Gasteiger partial charge in [0.05, 0.1) is 6.54 Å². The second-order valence-electron chi connectivity index (χ2n) is 5.39. The number of nitrogens with two attached hydrogens (primary N) is 1. The average molecular weight is 264 g/mol. The van der Waals surface area contributed by atoms with Gasteiger partial charge in [-0.1, -0.05) is 0 Å². The molecule has 0 spiro atoms. The summed E-state index contributed by atoms with van der Waals surface area (Å²) in [6.45, 7) is 8.35. The highest BCUT2D eigenvalue weighted by molar-refractivity contribution is 5.33. The zero-order valence-corrected chi connectivity index (χ0v) is 12.1. The summed E-state index contributed by atoms with van der Waals surface area (Å²) >= 11 is 0. The van der Waals surface area contributed by atoms with E-state index >= 15 is 0 Å². The summed E-state index contributed by atoms with van der Waals surface area (Å²) in [6.07, 6.45) is 1.19. The number of hydrogen-bond donors (Lipinski definition) is 2. The fraction of sp³-hybridized carbons (Fsp3) is 0.692. The van der Waals surface area contributed by atoms with Gasteiger partial charge in [0.15, 0.2) is 0 Å². The Labute approximate surface area is 115 Å². The molecule has 6 heteroatoms. The fourth-order valence-electron chi connectivity index (χ4n) is 2.61. The van der Waals surface area contributed by atoms with Crippen LogP contribution in [0, 0.1) is 6.92 Å². The average Bonchev–Trinajstić information content (AvgIpc) is 2.50. The molecule has 1 aromatic heterocycles. The lowest BCUT2D eigenvalue weighted by molar-refractivity contribution is 0.190. The van der Waals surface area contributed by atoms with Gasteiger partial charge in [0.25, 0.3) is 0 Å². The Kier molecular flexibility index (Phi) is 4.68. The van der Waals surface area contributed by atoms with Crippen LogP contribution in [0.4, 0.5) is 5.82 Å². The van der Waals surface area contributed by atoms with E-state index < -0.39 is 0 Å². The van der Waals surface area contributed by atoms with E-state index in [1.807, 2.05) is 13.0 Å². The topological polar surface area (TPSA) is 70.3 Å². The van der Waals surface area contributed by atoms with E-state index in [2.05, 4.69) is 39.2 Å². The molecule has 0 aromatic carbocycles. The van der Waals surface area contributed by atoms with Crippen LogP contribution in [0.3, 0.4) is 0 Å². The van der Waals surface area contributed by atoms with Gasteiger partial charge in [-0.3, -0.25) is 4.90 Å². The van der Waals surface area contributed by atoms with E-state index in [-0.39, 0.29) is 0 Å². The van der Waals surface area contributed by atoms with Gasteiger partial charge in [0, 0.05) is 30.9 Å². The van der Waals surface area contributed by atoms with Crippen LogP contribution in [-0.4, -0.2) is 52.5 Å². The number of nitrogens with zero attached hydrogens (tertiary/aromatic N) is 4. The van der Waals surface area contributed by atoms with Crippen molar-refractivity contribution in [1.29, 1.82) is 0 Å². The van der Waals surface area contributed by atoms with E-state index in [4.69, 9.17) is 5.84 Å². The van der Waals surface area contributed by atoms with Crippen LogP contribution in [0.25, 0.3) is 0 Å². The summed E-state index contributed by atoms with van der Waals surface area (Å²) in [5.41, 5.74) is 3.54. The third kappa shape index (κ3) is 3.86. The van der Waals surface area contributed by atoms with Gasteiger partial charge in [-0.15, -0.1) is 0 Å². The number of likely N-dealkylation sites (N-methyl/N-ethyl adjacent to an activating group) is 1. The summed E-state index contributed by atoms with van der Waals surface area (Å²) < 4.78 is 0. The molecule has 0 bridgehead atoms. The molecule has 1 aromatic rings. The molecular weight excluding hydrogens is 240 g/mol. The molecule has 1 fully saturated rings.